The van der Waals surface area contributed by atoms with Crippen LogP contribution in [0.3, 0.4) is 0 Å². The number of furan rings is 1. The summed E-state index contributed by atoms with van der Waals surface area (Å²) in [5.41, 5.74) is 20.8. The topological polar surface area (TPSA) is 24.6 Å². The van der Waals surface area contributed by atoms with Gasteiger partial charge in [0.1, 0.15) is 11.1 Å². The van der Waals surface area contributed by atoms with Gasteiger partial charge in [-0.25, -0.2) is 0 Å². The summed E-state index contributed by atoms with van der Waals surface area (Å²) in [5.74, 6) is 0.412. The van der Waals surface area contributed by atoms with Crippen LogP contribution in [0, 0.1) is 16.7 Å². The Labute approximate surface area is 394 Å². The van der Waals surface area contributed by atoms with Crippen molar-refractivity contribution in [1.29, 1.82) is 0 Å². The molecule has 7 aromatic rings. The second kappa shape index (κ2) is 13.1. The van der Waals surface area contributed by atoms with Gasteiger partial charge in [-0.05, 0) is 124 Å². The molecular weight excluding hydrogens is 822 g/mol. The molecule has 3 aliphatic carbocycles. The maximum Gasteiger partial charge on any atom is 0.252 e. The number of aromatic nitrogens is 1. The molecule has 0 N–H and O–H groups in total. The van der Waals surface area contributed by atoms with Crippen LogP contribution in [0.25, 0.3) is 44.2 Å². The highest BCUT2D eigenvalue weighted by Crippen LogP contribution is 2.63. The lowest BCUT2D eigenvalue weighted by Gasteiger charge is -2.51. The Balaban J connectivity index is 1.13. The highest BCUT2D eigenvalue weighted by atomic mass is 32.2. The number of thioether (sulfide) groups is 1. The van der Waals surface area contributed by atoms with Crippen LogP contribution in [0.4, 0.5) is 22.7 Å². The zero-order valence-corrected chi connectivity index (χ0v) is 40.4. The minimum Gasteiger partial charge on any atom is -0.454 e. The highest BCUT2D eigenvalue weighted by Gasteiger charge is 2.63. The van der Waals surface area contributed by atoms with Gasteiger partial charge >= 0.3 is 0 Å². The van der Waals surface area contributed by atoms with E-state index in [4.69, 9.17) is 4.42 Å². The monoisotopic (exact) mass is 879 g/mol. The third kappa shape index (κ3) is 4.99. The third-order valence-corrected chi connectivity index (χ3v) is 19.0. The summed E-state index contributed by atoms with van der Waals surface area (Å²) in [6.45, 7) is 19.6. The highest BCUT2D eigenvalue weighted by molar-refractivity contribution is 8.00. The Kier molecular flexibility index (Phi) is 7.85. The van der Waals surface area contributed by atoms with Gasteiger partial charge in [0.05, 0.1) is 17.2 Å². The summed E-state index contributed by atoms with van der Waals surface area (Å²) in [5, 5.41) is 2.79. The molecule has 6 heterocycles. The molecule has 5 atom stereocenters. The van der Waals surface area contributed by atoms with E-state index < -0.39 is 0 Å². The Morgan fingerprint density at radius 3 is 2.41 bits per heavy atom. The number of allylic oxidation sites excluding steroid dienone is 5. The van der Waals surface area contributed by atoms with Gasteiger partial charge in [-0.3, -0.25) is 0 Å². The first-order valence-electron chi connectivity index (χ1n) is 24.7. The van der Waals surface area contributed by atoms with Crippen molar-refractivity contribution < 1.29 is 4.42 Å². The molecule has 0 amide bonds. The number of para-hydroxylation sites is 2. The van der Waals surface area contributed by atoms with E-state index in [1.165, 1.54) is 119 Å². The molecule has 2 fully saturated rings. The second-order valence-electron chi connectivity index (χ2n) is 23.1. The van der Waals surface area contributed by atoms with Crippen molar-refractivity contribution in [3.05, 3.63) is 144 Å². The Morgan fingerprint density at radius 1 is 0.758 bits per heavy atom. The van der Waals surface area contributed by atoms with Gasteiger partial charge < -0.3 is 18.8 Å². The number of hydrogen-bond donors (Lipinski definition) is 0. The van der Waals surface area contributed by atoms with Crippen molar-refractivity contribution in [3.8, 4) is 5.69 Å². The molecule has 0 spiro atoms. The van der Waals surface area contributed by atoms with E-state index in [1.807, 2.05) is 11.8 Å². The molecule has 5 unspecified atom stereocenters. The maximum absolute atomic E-state index is 6.94. The molecule has 0 bridgehead atoms. The summed E-state index contributed by atoms with van der Waals surface area (Å²) in [6, 6.07) is 35.8. The van der Waals surface area contributed by atoms with Gasteiger partial charge in [0.25, 0.3) is 6.71 Å². The van der Waals surface area contributed by atoms with E-state index in [-0.39, 0.29) is 34.5 Å². The number of benzene rings is 5. The Hall–Kier alpha value is -5.59. The van der Waals surface area contributed by atoms with E-state index in [2.05, 4.69) is 197 Å². The first-order chi connectivity index (χ1) is 31.7. The van der Waals surface area contributed by atoms with E-state index in [9.17, 15) is 0 Å². The van der Waals surface area contributed by atoms with Crippen LogP contribution in [0.1, 0.15) is 98.6 Å². The molecule has 4 aliphatic heterocycles. The van der Waals surface area contributed by atoms with Gasteiger partial charge in [0, 0.05) is 60.7 Å². The molecule has 1 saturated carbocycles. The van der Waals surface area contributed by atoms with Crippen LogP contribution >= 0.6 is 11.8 Å². The number of rotatable bonds is 2. The first kappa shape index (κ1) is 39.6. The fourth-order valence-corrected chi connectivity index (χ4v) is 15.5. The largest absolute Gasteiger partial charge is 0.454 e. The predicted molar refractivity (Wildman–Crippen MR) is 281 cm³/mol. The van der Waals surface area contributed by atoms with Crippen LogP contribution in [0.15, 0.2) is 142 Å². The smallest absolute Gasteiger partial charge is 0.252 e. The van der Waals surface area contributed by atoms with Crippen molar-refractivity contribution in [3.63, 3.8) is 0 Å². The molecule has 66 heavy (non-hydrogen) atoms. The van der Waals surface area contributed by atoms with Gasteiger partial charge in [-0.2, -0.15) is 0 Å². The molecule has 2 aromatic heterocycles. The second-order valence-corrected chi connectivity index (χ2v) is 24.3. The molecule has 14 rings (SSSR count). The van der Waals surface area contributed by atoms with Crippen LogP contribution in [-0.4, -0.2) is 28.1 Å². The van der Waals surface area contributed by atoms with Crippen LogP contribution in [-0.2, 0) is 5.41 Å². The summed E-state index contributed by atoms with van der Waals surface area (Å²) in [6.07, 6.45) is 20.9. The average Bonchev–Trinajstić information content (AvgIpc) is 4.02. The van der Waals surface area contributed by atoms with Crippen LogP contribution in [0.5, 0.6) is 0 Å². The number of fused-ring (bicyclic) bond motifs is 15. The standard InChI is InChI=1S/C60H58BN3OS/c1-57(2,3)35-26-28-44-41(31-35)59(7)29-13-14-30-60(59,8)64(44)37-33-47-53-48(34-37)63-54-40(56-55(63)38-17-9-11-22-49(38)65-56)19-15-20-43(54)61(53)42-27-25-36(58(4,5)6)32-46(42)62(47)45-21-16-24-51-52(45)39-18-10-12-23-50(39)66-51/h9-12,15-22,24-28,31-34,41,44,50H,13-14,23,29-30H2,1-8H3. The van der Waals surface area contributed by atoms with Crippen molar-refractivity contribution >= 4 is 96.2 Å². The van der Waals surface area contributed by atoms with Crippen molar-refractivity contribution in [2.75, 3.05) is 9.80 Å². The van der Waals surface area contributed by atoms with Gasteiger partial charge in [-0.1, -0.05) is 140 Å². The minimum absolute atomic E-state index is 0.0333. The summed E-state index contributed by atoms with van der Waals surface area (Å²) >= 11 is 2.05. The summed E-state index contributed by atoms with van der Waals surface area (Å²) < 4.78 is 9.58. The number of hydrogen-bond acceptors (Lipinski definition) is 4. The summed E-state index contributed by atoms with van der Waals surface area (Å²) in [4.78, 5) is 7.06. The quantitative estimate of drug-likeness (QED) is 0.162. The van der Waals surface area contributed by atoms with Crippen molar-refractivity contribution in [2.45, 2.75) is 115 Å². The fraction of sp³-hybridized carbons (Fsp3) is 0.333. The molecule has 328 valence electrons. The van der Waals surface area contributed by atoms with E-state index in [1.54, 1.807) is 0 Å². The lowest BCUT2D eigenvalue weighted by Crippen LogP contribution is -2.61. The van der Waals surface area contributed by atoms with E-state index >= 15 is 0 Å². The van der Waals surface area contributed by atoms with Gasteiger partial charge in [-0.15, -0.1) is 11.8 Å². The molecule has 7 aliphatic rings. The molecular formula is C60H58BN3OS. The van der Waals surface area contributed by atoms with Crippen molar-refractivity contribution in [1.82, 2.24) is 4.57 Å². The predicted octanol–water partition coefficient (Wildman–Crippen LogP) is 13.9. The average molecular weight is 880 g/mol. The normalized spacial score (nSPS) is 25.8. The number of nitrogens with zero attached hydrogens (tertiary/aromatic N) is 3. The lowest BCUT2D eigenvalue weighted by molar-refractivity contribution is 0.0976. The Morgan fingerprint density at radius 2 is 1.56 bits per heavy atom. The molecule has 5 aromatic carbocycles. The molecule has 1 saturated heterocycles. The fourth-order valence-electron chi connectivity index (χ4n) is 14.2. The third-order valence-electron chi connectivity index (χ3n) is 17.6. The van der Waals surface area contributed by atoms with Gasteiger partial charge in [0.15, 0.2) is 5.58 Å². The zero-order valence-electron chi connectivity index (χ0n) is 39.6. The van der Waals surface area contributed by atoms with Crippen LogP contribution < -0.4 is 26.2 Å². The van der Waals surface area contributed by atoms with Crippen LogP contribution in [0.2, 0.25) is 0 Å². The van der Waals surface area contributed by atoms with Crippen molar-refractivity contribution in [2.24, 2.45) is 16.7 Å². The lowest BCUT2D eigenvalue weighted by atomic mass is 9.33. The summed E-state index contributed by atoms with van der Waals surface area (Å²) in [7, 11) is 0. The Bertz CT molecular complexity index is 3440. The first-order valence-corrected chi connectivity index (χ1v) is 25.6. The SMILES string of the molecule is CC(C)(C)C1=CC2C(C=C1)N(c1cc3c4c(c1)-n1c5c(cccc5c5oc6ccccc6c51)B4c1ccc(C(C)(C)C)cc1N3c1cccc3c1C1=CC=CCC1S3)C1(C)CCCCC21C. The molecule has 4 nitrogen and oxygen atoms in total. The van der Waals surface area contributed by atoms with E-state index in [0.29, 0.717) is 11.2 Å². The van der Waals surface area contributed by atoms with E-state index in [0.717, 1.165) is 17.6 Å². The van der Waals surface area contributed by atoms with Gasteiger partial charge in [0.2, 0.25) is 0 Å². The minimum atomic E-state index is -0.0563. The zero-order chi connectivity index (χ0) is 44.8. The molecule has 0 radical (unpaired) electrons. The maximum atomic E-state index is 6.94. The molecule has 6 heteroatoms. The number of anilines is 4.